The number of nitrogens with one attached hydrogen (secondary N) is 2. The van der Waals surface area contributed by atoms with Crippen LogP contribution in [0, 0.1) is 0 Å². The van der Waals surface area contributed by atoms with E-state index in [1.54, 1.807) is 0 Å². The minimum absolute atomic E-state index is 0.518. The van der Waals surface area contributed by atoms with Crippen LogP contribution >= 0.6 is 0 Å². The maximum Gasteiger partial charge on any atom is 0.191 e. The fraction of sp³-hybridized carbons (Fsp3) is 0.667. The normalized spacial score (nSPS) is 21.0. The van der Waals surface area contributed by atoms with Gasteiger partial charge in [0, 0.05) is 31.4 Å². The molecule has 2 heterocycles. The summed E-state index contributed by atoms with van der Waals surface area (Å²) in [4.78, 5) is 11.6. The molecule has 0 bridgehead atoms. The lowest BCUT2D eigenvalue weighted by Crippen LogP contribution is -2.50. The number of pyridine rings is 1. The molecule has 0 saturated carbocycles. The average Bonchev–Trinajstić information content (AvgIpc) is 2.58. The molecule has 0 radical (unpaired) electrons. The van der Waals surface area contributed by atoms with Crippen LogP contribution in [0.5, 0.6) is 0 Å². The summed E-state index contributed by atoms with van der Waals surface area (Å²) >= 11 is 0. The van der Waals surface area contributed by atoms with E-state index < -0.39 is 0 Å². The van der Waals surface area contributed by atoms with Gasteiger partial charge in [0.1, 0.15) is 0 Å². The molecular weight excluding hydrogens is 286 g/mol. The molecule has 23 heavy (non-hydrogen) atoms. The van der Waals surface area contributed by atoms with E-state index in [9.17, 15) is 0 Å². The summed E-state index contributed by atoms with van der Waals surface area (Å²) in [7, 11) is 0. The highest BCUT2D eigenvalue weighted by molar-refractivity contribution is 5.79. The van der Waals surface area contributed by atoms with Gasteiger partial charge >= 0.3 is 0 Å². The van der Waals surface area contributed by atoms with Crippen molar-refractivity contribution in [2.24, 2.45) is 4.99 Å². The van der Waals surface area contributed by atoms with Crippen molar-refractivity contribution in [1.29, 1.82) is 0 Å². The van der Waals surface area contributed by atoms with E-state index in [1.165, 1.54) is 25.8 Å². The van der Waals surface area contributed by atoms with Crippen LogP contribution in [0.4, 0.5) is 0 Å². The van der Waals surface area contributed by atoms with Gasteiger partial charge in [-0.1, -0.05) is 12.5 Å². The van der Waals surface area contributed by atoms with E-state index in [0.717, 1.165) is 24.7 Å². The molecule has 1 aromatic heterocycles. The molecule has 5 heteroatoms. The number of rotatable bonds is 6. The van der Waals surface area contributed by atoms with Crippen molar-refractivity contribution in [1.82, 2.24) is 20.5 Å². The quantitative estimate of drug-likeness (QED) is 0.625. The van der Waals surface area contributed by atoms with E-state index >= 15 is 0 Å². The molecule has 2 rings (SSSR count). The molecule has 1 aromatic rings. The van der Waals surface area contributed by atoms with E-state index in [1.807, 2.05) is 24.4 Å². The summed E-state index contributed by atoms with van der Waals surface area (Å²) in [5.74, 6) is 0.870. The van der Waals surface area contributed by atoms with Crippen LogP contribution in [0.1, 0.15) is 45.7 Å². The van der Waals surface area contributed by atoms with Gasteiger partial charge in [0.25, 0.3) is 0 Å². The van der Waals surface area contributed by atoms with Crippen LogP contribution in [0.3, 0.4) is 0 Å². The molecule has 0 spiro atoms. The highest BCUT2D eigenvalue weighted by Gasteiger charge is 2.22. The van der Waals surface area contributed by atoms with Crippen LogP contribution in [0.15, 0.2) is 29.4 Å². The van der Waals surface area contributed by atoms with Crippen LogP contribution in [0.25, 0.3) is 0 Å². The maximum absolute atomic E-state index is 4.63. The zero-order valence-corrected chi connectivity index (χ0v) is 14.8. The summed E-state index contributed by atoms with van der Waals surface area (Å²) < 4.78 is 0. The lowest BCUT2D eigenvalue weighted by molar-refractivity contribution is 0.115. The number of guanidine groups is 1. The molecule has 0 aromatic carbocycles. The van der Waals surface area contributed by atoms with E-state index in [0.29, 0.717) is 18.6 Å². The first-order valence-corrected chi connectivity index (χ1v) is 8.88. The minimum Gasteiger partial charge on any atom is -0.357 e. The number of piperidine rings is 1. The molecule has 1 fully saturated rings. The van der Waals surface area contributed by atoms with Gasteiger partial charge in [-0.15, -0.1) is 0 Å². The number of aromatic nitrogens is 1. The van der Waals surface area contributed by atoms with Crippen molar-refractivity contribution in [3.8, 4) is 0 Å². The van der Waals surface area contributed by atoms with Crippen molar-refractivity contribution in [2.75, 3.05) is 19.6 Å². The molecule has 1 saturated heterocycles. The topological polar surface area (TPSA) is 52.6 Å². The highest BCUT2D eigenvalue weighted by Crippen LogP contribution is 2.18. The molecule has 5 nitrogen and oxygen atoms in total. The van der Waals surface area contributed by atoms with Crippen molar-refractivity contribution >= 4 is 5.96 Å². The number of likely N-dealkylation sites (tertiary alicyclic amines) is 1. The second-order valence-electron chi connectivity index (χ2n) is 6.33. The van der Waals surface area contributed by atoms with E-state index in [2.05, 4.69) is 46.3 Å². The summed E-state index contributed by atoms with van der Waals surface area (Å²) in [5.41, 5.74) is 0.988. The average molecular weight is 317 g/mol. The second kappa shape index (κ2) is 9.50. The van der Waals surface area contributed by atoms with Crippen LogP contribution in [-0.2, 0) is 6.54 Å². The molecule has 128 valence electrons. The Morgan fingerprint density at radius 3 is 2.96 bits per heavy atom. The Morgan fingerprint density at radius 2 is 2.26 bits per heavy atom. The number of hydrogen-bond acceptors (Lipinski definition) is 3. The molecule has 0 aliphatic carbocycles. The first kappa shape index (κ1) is 17.7. The lowest BCUT2D eigenvalue weighted by atomic mass is 10.0. The Hall–Kier alpha value is -1.62. The smallest absolute Gasteiger partial charge is 0.191 e. The Labute approximate surface area is 140 Å². The van der Waals surface area contributed by atoms with Crippen LogP contribution < -0.4 is 10.6 Å². The van der Waals surface area contributed by atoms with Crippen LogP contribution in [-0.4, -0.2) is 47.6 Å². The van der Waals surface area contributed by atoms with Crippen LogP contribution in [0.2, 0.25) is 0 Å². The first-order chi connectivity index (χ1) is 11.2. The van der Waals surface area contributed by atoms with Gasteiger partial charge in [-0.3, -0.25) is 9.88 Å². The van der Waals surface area contributed by atoms with Gasteiger partial charge in [0.2, 0.25) is 0 Å². The summed E-state index contributed by atoms with van der Waals surface area (Å²) in [6.07, 6.45) is 5.82. The Balaban J connectivity index is 1.86. The monoisotopic (exact) mass is 317 g/mol. The third kappa shape index (κ3) is 5.82. The molecule has 1 aliphatic rings. The van der Waals surface area contributed by atoms with Gasteiger partial charge in [-0.25, -0.2) is 4.99 Å². The number of hydrogen-bond donors (Lipinski definition) is 2. The van der Waals surface area contributed by atoms with Gasteiger partial charge < -0.3 is 10.6 Å². The molecule has 1 aliphatic heterocycles. The number of aliphatic imine (C=N–C) groups is 1. The fourth-order valence-electron chi connectivity index (χ4n) is 3.13. The maximum atomic E-state index is 4.63. The molecule has 2 atom stereocenters. The lowest BCUT2D eigenvalue weighted by Gasteiger charge is -2.38. The largest absolute Gasteiger partial charge is 0.357 e. The second-order valence-corrected chi connectivity index (χ2v) is 6.33. The van der Waals surface area contributed by atoms with Gasteiger partial charge in [-0.2, -0.15) is 0 Å². The van der Waals surface area contributed by atoms with Gasteiger partial charge in [-0.05, 0) is 52.3 Å². The standard InChI is InChI=1S/C18H31N5/c1-4-19-18(22-14-17-10-5-7-11-20-17)21-13-16(3)23-12-8-6-9-15(23)2/h5,7,10-11,15-16H,4,6,8-9,12-14H2,1-3H3,(H2,19,21,22). The fourth-order valence-corrected chi connectivity index (χ4v) is 3.13. The van der Waals surface area contributed by atoms with Gasteiger partial charge in [0.05, 0.1) is 12.2 Å². The van der Waals surface area contributed by atoms with Crippen molar-refractivity contribution in [3.05, 3.63) is 30.1 Å². The molecule has 2 N–H and O–H groups in total. The molecule has 0 amide bonds. The minimum atomic E-state index is 0.518. The Bertz CT molecular complexity index is 474. The van der Waals surface area contributed by atoms with E-state index in [4.69, 9.17) is 0 Å². The van der Waals surface area contributed by atoms with Crippen molar-refractivity contribution < 1.29 is 0 Å². The van der Waals surface area contributed by atoms with Crippen molar-refractivity contribution in [3.63, 3.8) is 0 Å². The van der Waals surface area contributed by atoms with E-state index in [-0.39, 0.29) is 0 Å². The Morgan fingerprint density at radius 1 is 1.39 bits per heavy atom. The van der Waals surface area contributed by atoms with Crippen molar-refractivity contribution in [2.45, 2.75) is 58.7 Å². The third-order valence-corrected chi connectivity index (χ3v) is 4.45. The predicted octanol–water partition coefficient (Wildman–Crippen LogP) is 2.40. The predicted molar refractivity (Wildman–Crippen MR) is 96.5 cm³/mol. The summed E-state index contributed by atoms with van der Waals surface area (Å²) in [5, 5.41) is 6.79. The first-order valence-electron chi connectivity index (χ1n) is 8.88. The highest BCUT2D eigenvalue weighted by atomic mass is 15.2. The zero-order chi connectivity index (χ0) is 16.5. The summed E-state index contributed by atoms with van der Waals surface area (Å²) in [6.45, 7) is 10.3. The molecular formula is C18H31N5. The zero-order valence-electron chi connectivity index (χ0n) is 14.8. The Kier molecular flexibility index (Phi) is 7.33. The molecule has 2 unspecified atom stereocenters. The summed E-state index contributed by atoms with van der Waals surface area (Å²) in [6, 6.07) is 7.14. The van der Waals surface area contributed by atoms with Gasteiger partial charge in [0.15, 0.2) is 5.96 Å². The SMILES string of the molecule is CCNC(=NCc1ccccn1)NCC(C)N1CCCCC1C. The third-order valence-electron chi connectivity index (χ3n) is 4.45. The number of nitrogens with zero attached hydrogens (tertiary/aromatic N) is 3.